The van der Waals surface area contributed by atoms with Crippen LogP contribution in [0.25, 0.3) is 0 Å². The molecular weight excluding hydrogens is 263 g/mol. The monoisotopic (exact) mass is 277 g/mol. The SMILES string of the molecule is C[C@H](NC(=O)OCc1ccccc1)[C@@H](O)C(F)(F)F. The van der Waals surface area contributed by atoms with Gasteiger partial charge in [-0.15, -0.1) is 0 Å². The first-order valence-corrected chi connectivity index (χ1v) is 5.52. The van der Waals surface area contributed by atoms with Crippen molar-refractivity contribution in [1.82, 2.24) is 5.32 Å². The van der Waals surface area contributed by atoms with E-state index in [1.807, 2.05) is 5.32 Å². The number of carbonyl (C=O) groups is 1. The number of alkyl halides is 3. The third-order valence-corrected chi connectivity index (χ3v) is 2.37. The van der Waals surface area contributed by atoms with Gasteiger partial charge in [-0.25, -0.2) is 4.79 Å². The van der Waals surface area contributed by atoms with E-state index >= 15 is 0 Å². The quantitative estimate of drug-likeness (QED) is 0.887. The Hall–Kier alpha value is -1.76. The molecule has 19 heavy (non-hydrogen) atoms. The molecule has 106 valence electrons. The van der Waals surface area contributed by atoms with Gasteiger partial charge in [0.1, 0.15) is 6.61 Å². The number of hydrogen-bond donors (Lipinski definition) is 2. The molecule has 0 bridgehead atoms. The molecule has 0 radical (unpaired) electrons. The number of aliphatic hydroxyl groups is 1. The lowest BCUT2D eigenvalue weighted by Crippen LogP contribution is -2.48. The molecule has 2 N–H and O–H groups in total. The number of aliphatic hydroxyl groups excluding tert-OH is 1. The first-order valence-electron chi connectivity index (χ1n) is 5.52. The number of carbonyl (C=O) groups excluding carboxylic acids is 1. The van der Waals surface area contributed by atoms with Crippen molar-refractivity contribution in [2.45, 2.75) is 31.9 Å². The smallest absolute Gasteiger partial charge is 0.416 e. The van der Waals surface area contributed by atoms with Crippen LogP contribution in [0.1, 0.15) is 12.5 Å². The summed E-state index contributed by atoms with van der Waals surface area (Å²) in [5, 5.41) is 10.8. The van der Waals surface area contributed by atoms with Crippen molar-refractivity contribution in [3.63, 3.8) is 0 Å². The van der Waals surface area contributed by atoms with E-state index in [-0.39, 0.29) is 6.61 Å². The highest BCUT2D eigenvalue weighted by Gasteiger charge is 2.42. The van der Waals surface area contributed by atoms with Crippen molar-refractivity contribution in [1.29, 1.82) is 0 Å². The normalized spacial score (nSPS) is 14.6. The second-order valence-electron chi connectivity index (χ2n) is 3.98. The number of halogens is 3. The molecule has 0 aliphatic rings. The molecular formula is C12H14F3NO3. The van der Waals surface area contributed by atoms with Crippen LogP contribution in [0.4, 0.5) is 18.0 Å². The van der Waals surface area contributed by atoms with E-state index in [1.165, 1.54) is 0 Å². The molecule has 1 amide bonds. The summed E-state index contributed by atoms with van der Waals surface area (Å²) >= 11 is 0. The van der Waals surface area contributed by atoms with Gasteiger partial charge >= 0.3 is 12.3 Å². The number of amides is 1. The zero-order valence-electron chi connectivity index (χ0n) is 10.1. The second kappa shape index (κ2) is 6.42. The molecule has 1 rings (SSSR count). The minimum Gasteiger partial charge on any atom is -0.445 e. The summed E-state index contributed by atoms with van der Waals surface area (Å²) in [7, 11) is 0. The van der Waals surface area contributed by atoms with Crippen LogP contribution >= 0.6 is 0 Å². The molecule has 7 heteroatoms. The third kappa shape index (κ3) is 5.17. The summed E-state index contributed by atoms with van der Waals surface area (Å²) in [6, 6.07) is 7.20. The number of hydrogen-bond acceptors (Lipinski definition) is 3. The fourth-order valence-electron chi connectivity index (χ4n) is 1.31. The highest BCUT2D eigenvalue weighted by Crippen LogP contribution is 2.22. The first-order chi connectivity index (χ1) is 8.80. The molecule has 1 aromatic rings. The Morgan fingerprint density at radius 1 is 1.37 bits per heavy atom. The number of rotatable bonds is 4. The molecule has 0 aromatic heterocycles. The number of benzene rings is 1. The maximum absolute atomic E-state index is 12.2. The van der Waals surface area contributed by atoms with Crippen molar-refractivity contribution in [3.05, 3.63) is 35.9 Å². The van der Waals surface area contributed by atoms with Crippen LogP contribution < -0.4 is 5.32 Å². The fraction of sp³-hybridized carbons (Fsp3) is 0.417. The van der Waals surface area contributed by atoms with Crippen molar-refractivity contribution >= 4 is 6.09 Å². The lowest BCUT2D eigenvalue weighted by Gasteiger charge is -2.22. The molecule has 0 saturated carbocycles. The summed E-state index contributed by atoms with van der Waals surface area (Å²) in [5.74, 6) is 0. The van der Waals surface area contributed by atoms with Gasteiger partial charge in [-0.1, -0.05) is 30.3 Å². The lowest BCUT2D eigenvalue weighted by atomic mass is 10.2. The van der Waals surface area contributed by atoms with Gasteiger partial charge in [-0.05, 0) is 12.5 Å². The van der Waals surface area contributed by atoms with Gasteiger partial charge in [0.15, 0.2) is 6.10 Å². The average molecular weight is 277 g/mol. The summed E-state index contributed by atoms with van der Waals surface area (Å²) in [5.41, 5.74) is 0.710. The van der Waals surface area contributed by atoms with Crippen LogP contribution in [0.15, 0.2) is 30.3 Å². The Kier molecular flexibility index (Phi) is 5.17. The van der Waals surface area contributed by atoms with Crippen molar-refractivity contribution in [2.24, 2.45) is 0 Å². The molecule has 4 nitrogen and oxygen atoms in total. The summed E-state index contributed by atoms with van der Waals surface area (Å²) in [6.07, 6.45) is -8.43. The minimum atomic E-state index is -4.79. The number of nitrogens with one attached hydrogen (secondary N) is 1. The average Bonchev–Trinajstić information content (AvgIpc) is 2.35. The van der Waals surface area contributed by atoms with Crippen molar-refractivity contribution in [3.8, 4) is 0 Å². The summed E-state index contributed by atoms with van der Waals surface area (Å²) in [6.45, 7) is 0.990. The number of ether oxygens (including phenoxy) is 1. The maximum atomic E-state index is 12.2. The van der Waals surface area contributed by atoms with Crippen LogP contribution in [-0.2, 0) is 11.3 Å². The van der Waals surface area contributed by atoms with E-state index in [2.05, 4.69) is 0 Å². The second-order valence-corrected chi connectivity index (χ2v) is 3.98. The Balaban J connectivity index is 2.39. The predicted octanol–water partition coefficient (Wildman–Crippen LogP) is 2.22. The van der Waals surface area contributed by atoms with Crippen LogP contribution in [0, 0.1) is 0 Å². The molecule has 1 aromatic carbocycles. The molecule has 0 aliphatic carbocycles. The van der Waals surface area contributed by atoms with Gasteiger partial charge in [-0.3, -0.25) is 0 Å². The minimum absolute atomic E-state index is 0.0541. The molecule has 0 fully saturated rings. The van der Waals surface area contributed by atoms with Gasteiger partial charge < -0.3 is 15.2 Å². The van der Waals surface area contributed by atoms with E-state index in [4.69, 9.17) is 9.84 Å². The van der Waals surface area contributed by atoms with Crippen LogP contribution in [-0.4, -0.2) is 29.5 Å². The van der Waals surface area contributed by atoms with E-state index in [9.17, 15) is 18.0 Å². The Morgan fingerprint density at radius 2 is 1.95 bits per heavy atom. The maximum Gasteiger partial charge on any atom is 0.416 e. The fourth-order valence-corrected chi connectivity index (χ4v) is 1.31. The van der Waals surface area contributed by atoms with E-state index in [0.717, 1.165) is 6.92 Å². The Bertz CT molecular complexity index is 408. The van der Waals surface area contributed by atoms with Gasteiger partial charge in [0.25, 0.3) is 0 Å². The highest BCUT2D eigenvalue weighted by atomic mass is 19.4. The summed E-state index contributed by atoms with van der Waals surface area (Å²) in [4.78, 5) is 11.2. The van der Waals surface area contributed by atoms with E-state index in [1.54, 1.807) is 30.3 Å². The molecule has 0 heterocycles. The van der Waals surface area contributed by atoms with Crippen molar-refractivity contribution < 1.29 is 27.8 Å². The van der Waals surface area contributed by atoms with Gasteiger partial charge in [-0.2, -0.15) is 13.2 Å². The van der Waals surface area contributed by atoms with Crippen LogP contribution in [0.5, 0.6) is 0 Å². The van der Waals surface area contributed by atoms with Crippen molar-refractivity contribution in [2.75, 3.05) is 0 Å². The zero-order valence-corrected chi connectivity index (χ0v) is 10.1. The lowest BCUT2D eigenvalue weighted by molar-refractivity contribution is -0.210. The zero-order chi connectivity index (χ0) is 14.5. The number of alkyl carbamates (subject to hydrolysis) is 1. The predicted molar refractivity (Wildman–Crippen MR) is 61.3 cm³/mol. The largest absolute Gasteiger partial charge is 0.445 e. The molecule has 0 saturated heterocycles. The Morgan fingerprint density at radius 3 is 2.47 bits per heavy atom. The van der Waals surface area contributed by atoms with Crippen LogP contribution in [0.3, 0.4) is 0 Å². The van der Waals surface area contributed by atoms with Gasteiger partial charge in [0.2, 0.25) is 0 Å². The third-order valence-electron chi connectivity index (χ3n) is 2.37. The standard InChI is InChI=1S/C12H14F3NO3/c1-8(10(17)12(13,14)15)16-11(18)19-7-9-5-3-2-4-6-9/h2-6,8,10,17H,7H2,1H3,(H,16,18)/t8-,10+/m0/s1. The Labute approximate surface area is 108 Å². The van der Waals surface area contributed by atoms with E-state index in [0.29, 0.717) is 5.56 Å². The first kappa shape index (κ1) is 15.3. The van der Waals surface area contributed by atoms with Gasteiger partial charge in [0, 0.05) is 0 Å². The molecule has 2 atom stereocenters. The van der Waals surface area contributed by atoms with Crippen LogP contribution in [0.2, 0.25) is 0 Å². The topological polar surface area (TPSA) is 58.6 Å². The molecule has 0 aliphatic heterocycles. The molecule has 0 spiro atoms. The van der Waals surface area contributed by atoms with E-state index < -0.39 is 24.4 Å². The summed E-state index contributed by atoms with van der Waals surface area (Å²) < 4.78 is 41.2. The highest BCUT2D eigenvalue weighted by molar-refractivity contribution is 5.67. The van der Waals surface area contributed by atoms with Gasteiger partial charge in [0.05, 0.1) is 6.04 Å². The molecule has 0 unspecified atom stereocenters.